The van der Waals surface area contributed by atoms with Gasteiger partial charge in [-0.05, 0) is 0 Å². The molecule has 2 nitrogen and oxygen atoms in total. The fraction of sp³-hybridized carbons (Fsp3) is 1.00. The van der Waals surface area contributed by atoms with Gasteiger partial charge in [-0.25, -0.2) is 0 Å². The predicted molar refractivity (Wildman–Crippen MR) is 41.0 cm³/mol. The molecule has 0 aromatic rings. The summed E-state index contributed by atoms with van der Waals surface area (Å²) in [5, 5.41) is 0. The Labute approximate surface area is 119 Å². The van der Waals surface area contributed by atoms with Crippen LogP contribution >= 0.6 is 0 Å². The first-order valence-corrected chi connectivity index (χ1v) is 1.32. The van der Waals surface area contributed by atoms with Crippen LogP contribution in [-0.4, -0.2) is 110 Å². The first-order chi connectivity index (χ1) is 1.91. The van der Waals surface area contributed by atoms with Crippen LogP contribution in [0, 0.1) is 0 Å². The molecule has 0 amide bonds. The van der Waals surface area contributed by atoms with Crippen molar-refractivity contribution in [2.75, 3.05) is 13.1 Å². The van der Waals surface area contributed by atoms with Crippen LogP contribution in [0.1, 0.15) is 0 Å². The van der Waals surface area contributed by atoms with E-state index in [1.54, 1.807) is 0 Å². The van der Waals surface area contributed by atoms with Gasteiger partial charge >= 0.3 is 96.9 Å². The van der Waals surface area contributed by atoms with Gasteiger partial charge in [0, 0.05) is 13.1 Å². The van der Waals surface area contributed by atoms with Gasteiger partial charge in [-0.2, -0.15) is 0 Å². The van der Waals surface area contributed by atoms with Gasteiger partial charge in [0.25, 0.3) is 0 Å². The van der Waals surface area contributed by atoms with Crippen LogP contribution in [-0.2, 0) is 0 Å². The summed E-state index contributed by atoms with van der Waals surface area (Å²) in [5.74, 6) is 0. The number of rotatable bonds is 1. The molecule has 0 radical (unpaired) electrons. The van der Waals surface area contributed by atoms with Crippen molar-refractivity contribution in [1.29, 1.82) is 0 Å². The molecule has 4 N–H and O–H groups in total. The Bertz CT molecular complexity index is 15.7. The fourth-order valence-electron chi connectivity index (χ4n) is 0. The zero-order chi connectivity index (χ0) is 3.41. The molecule has 5 heteroatoms. The van der Waals surface area contributed by atoms with E-state index >= 15 is 0 Å². The summed E-state index contributed by atoms with van der Waals surface area (Å²) < 4.78 is 0. The second-order valence-electron chi connectivity index (χ2n) is 0.577. The van der Waals surface area contributed by atoms with Crippen molar-refractivity contribution in [3.05, 3.63) is 0 Å². The van der Waals surface area contributed by atoms with Crippen molar-refractivity contribution in [1.82, 2.24) is 0 Å². The molecule has 0 saturated carbocycles. The maximum absolute atomic E-state index is 4.90. The first-order valence-electron chi connectivity index (χ1n) is 1.32. The van der Waals surface area contributed by atoms with Gasteiger partial charge in [0.1, 0.15) is 0 Å². The maximum atomic E-state index is 4.90. The molecule has 0 spiro atoms. The number of nitrogens with two attached hydrogens (primary N) is 2. The van der Waals surface area contributed by atoms with E-state index in [9.17, 15) is 0 Å². The monoisotopic (exact) mass is 150 g/mol. The summed E-state index contributed by atoms with van der Waals surface area (Å²) in [6.45, 7) is 1.19. The molecule has 0 aliphatic rings. The summed E-state index contributed by atoms with van der Waals surface area (Å²) in [4.78, 5) is 0. The molecular weight excluding hydrogens is 138 g/mol. The molecule has 0 rings (SSSR count). The third kappa shape index (κ3) is 27.1. The van der Waals surface area contributed by atoms with E-state index in [2.05, 4.69) is 0 Å². The Kier molecular flexibility index (Phi) is 73.5. The molecule has 0 bridgehead atoms. The first kappa shape index (κ1) is 22.5. The zero-order valence-corrected chi connectivity index (χ0v) is 2.57. The van der Waals surface area contributed by atoms with Crippen LogP contribution in [0.5, 0.6) is 0 Å². The van der Waals surface area contributed by atoms with Gasteiger partial charge in [-0.3, -0.25) is 0 Å². The van der Waals surface area contributed by atoms with E-state index in [1.165, 1.54) is 0 Å². The Balaban J connectivity index is -0.0000000150. The van der Waals surface area contributed by atoms with Crippen molar-refractivity contribution in [3.63, 3.8) is 0 Å². The quantitative estimate of drug-likeness (QED) is 0.385. The van der Waals surface area contributed by atoms with E-state index in [0.29, 0.717) is 13.1 Å². The van der Waals surface area contributed by atoms with Gasteiger partial charge < -0.3 is 11.5 Å². The Hall–Kier alpha value is 3.18. The van der Waals surface area contributed by atoms with Gasteiger partial charge in [-0.15, -0.1) is 0 Å². The molecule has 0 aromatic heterocycles. The minimum absolute atomic E-state index is 0. The summed E-state index contributed by atoms with van der Waals surface area (Å²) in [6.07, 6.45) is 0. The molecule has 0 heterocycles. The number of hydrogen-bond donors (Lipinski definition) is 2. The van der Waals surface area contributed by atoms with Gasteiger partial charge in [0.05, 0.1) is 0 Å². The second-order valence-corrected chi connectivity index (χ2v) is 0.577. The molecular formula is C2H12CaN2Na2. The SMILES string of the molecule is NCCN.[CaH2].[NaH].[NaH]. The summed E-state index contributed by atoms with van der Waals surface area (Å²) >= 11 is 0. The summed E-state index contributed by atoms with van der Waals surface area (Å²) in [7, 11) is 0. The average Bonchev–Trinajstić information content (AvgIpc) is 1.37. The van der Waals surface area contributed by atoms with Crippen LogP contribution in [0.3, 0.4) is 0 Å². The van der Waals surface area contributed by atoms with E-state index < -0.39 is 0 Å². The predicted octanol–water partition coefficient (Wildman–Crippen LogP) is -3.31. The molecule has 34 valence electrons. The van der Waals surface area contributed by atoms with Crippen LogP contribution in [0.4, 0.5) is 0 Å². The normalized spacial score (nSPS) is 4.29. The van der Waals surface area contributed by atoms with Gasteiger partial charge in [0.2, 0.25) is 0 Å². The van der Waals surface area contributed by atoms with Crippen molar-refractivity contribution < 1.29 is 0 Å². The van der Waals surface area contributed by atoms with E-state index in [4.69, 9.17) is 11.5 Å². The van der Waals surface area contributed by atoms with Crippen LogP contribution in [0.25, 0.3) is 0 Å². The molecule has 0 aliphatic carbocycles. The molecule has 0 aromatic carbocycles. The third-order valence-electron chi connectivity index (χ3n) is 0.167. The van der Waals surface area contributed by atoms with E-state index in [-0.39, 0.29) is 96.9 Å². The fourth-order valence-corrected chi connectivity index (χ4v) is 0. The summed E-state index contributed by atoms with van der Waals surface area (Å²) in [5.41, 5.74) is 9.81. The third-order valence-corrected chi connectivity index (χ3v) is 0.167. The Morgan fingerprint density at radius 2 is 1.00 bits per heavy atom. The van der Waals surface area contributed by atoms with Gasteiger partial charge in [-0.1, -0.05) is 0 Å². The van der Waals surface area contributed by atoms with Crippen LogP contribution < -0.4 is 11.5 Å². The standard InChI is InChI=1S/C2H8N2.Ca.2Na.4H/c3-1-2-4;;;;;;;/h1-4H2;;;;;;;. The average molecular weight is 150 g/mol. The topological polar surface area (TPSA) is 52.0 Å². The minimum atomic E-state index is 0. The van der Waals surface area contributed by atoms with Crippen LogP contribution in [0.2, 0.25) is 0 Å². The molecule has 0 aliphatic heterocycles. The van der Waals surface area contributed by atoms with Crippen molar-refractivity contribution in [2.24, 2.45) is 11.5 Å². The van der Waals surface area contributed by atoms with Gasteiger partial charge in [0.15, 0.2) is 0 Å². The van der Waals surface area contributed by atoms with Crippen molar-refractivity contribution in [3.8, 4) is 0 Å². The van der Waals surface area contributed by atoms with Crippen molar-refractivity contribution >= 4 is 96.9 Å². The van der Waals surface area contributed by atoms with E-state index in [0.717, 1.165) is 0 Å². The molecule has 0 unspecified atom stereocenters. The molecule has 0 fully saturated rings. The Morgan fingerprint density at radius 3 is 1.00 bits per heavy atom. The zero-order valence-electron chi connectivity index (χ0n) is 2.57. The second kappa shape index (κ2) is 22.9. The van der Waals surface area contributed by atoms with E-state index in [1.807, 2.05) is 0 Å². The molecule has 7 heavy (non-hydrogen) atoms. The van der Waals surface area contributed by atoms with Crippen molar-refractivity contribution in [2.45, 2.75) is 0 Å². The Morgan fingerprint density at radius 1 is 0.857 bits per heavy atom. The molecule has 0 atom stereocenters. The summed E-state index contributed by atoms with van der Waals surface area (Å²) in [6, 6.07) is 0. The number of hydrogen-bond acceptors (Lipinski definition) is 2. The molecule has 0 saturated heterocycles. The van der Waals surface area contributed by atoms with Crippen LogP contribution in [0.15, 0.2) is 0 Å².